The molecule has 5 heteroatoms. The summed E-state index contributed by atoms with van der Waals surface area (Å²) in [5, 5.41) is 6.44. The van der Waals surface area contributed by atoms with Crippen LogP contribution in [0.25, 0.3) is 0 Å². The van der Waals surface area contributed by atoms with E-state index in [2.05, 4.69) is 15.4 Å². The van der Waals surface area contributed by atoms with Gasteiger partial charge in [0.25, 0.3) is 0 Å². The Balaban J connectivity index is 0.000000202. The van der Waals surface area contributed by atoms with E-state index in [9.17, 15) is 4.39 Å². The minimum Gasteiger partial charge on any atom is -0.441 e. The predicted octanol–water partition coefficient (Wildman–Crippen LogP) is 0.292. The average Bonchev–Trinajstić information content (AvgIpc) is 2.08. The van der Waals surface area contributed by atoms with E-state index >= 15 is 0 Å². The van der Waals surface area contributed by atoms with E-state index in [4.69, 9.17) is 4.79 Å². The van der Waals surface area contributed by atoms with Gasteiger partial charge in [0.1, 0.15) is 0 Å². The summed E-state index contributed by atoms with van der Waals surface area (Å²) in [6.07, 6.45) is -1.71. The number of hydrogen-bond donors (Lipinski definition) is 2. The highest BCUT2D eigenvalue weighted by Gasteiger charge is 1.91. The van der Waals surface area contributed by atoms with E-state index in [0.29, 0.717) is 0 Å². The lowest BCUT2D eigenvalue weighted by molar-refractivity contribution is 0.126. The maximum absolute atomic E-state index is 10.8. The van der Waals surface area contributed by atoms with E-state index in [1.807, 2.05) is 0 Å². The minimum absolute atomic E-state index is 0.106. The molecule has 72 valence electrons. The fraction of sp³-hybridized carbons (Fsp3) is 0.857. The Morgan fingerprint density at radius 1 is 1.33 bits per heavy atom. The van der Waals surface area contributed by atoms with Crippen molar-refractivity contribution >= 4 is 6.22 Å². The monoisotopic (exact) mass is 178 g/mol. The molecule has 4 nitrogen and oxygen atoms in total. The van der Waals surface area contributed by atoms with Crippen LogP contribution in [0.4, 0.5) is 9.18 Å². The Hall–Kier alpha value is -0.680. The normalized spacial score (nSPS) is 15.8. The molecule has 1 aliphatic heterocycles. The van der Waals surface area contributed by atoms with Crippen molar-refractivity contribution in [2.45, 2.75) is 6.92 Å². The Kier molecular flexibility index (Phi) is 7.94. The lowest BCUT2D eigenvalue weighted by Crippen LogP contribution is -2.39. The summed E-state index contributed by atoms with van der Waals surface area (Å²) in [6, 6.07) is 0. The standard InChI is InChI=1S/C4H10N2.C3H5FO2/c1-2-6-4-3-5-1;1-2-6-3(4)5/h5-6H,1-4H2;2H2,1H3. The second-order valence-corrected chi connectivity index (χ2v) is 2.17. The van der Waals surface area contributed by atoms with Crippen molar-refractivity contribution in [2.24, 2.45) is 0 Å². The van der Waals surface area contributed by atoms with Crippen molar-refractivity contribution < 1.29 is 13.9 Å². The smallest absolute Gasteiger partial charge is 0.441 e. The van der Waals surface area contributed by atoms with Crippen molar-refractivity contribution in [3.05, 3.63) is 0 Å². The van der Waals surface area contributed by atoms with Crippen LogP contribution in [0, 0.1) is 0 Å². The third-order valence-electron chi connectivity index (χ3n) is 1.21. The van der Waals surface area contributed by atoms with Crippen LogP contribution in [-0.4, -0.2) is 39.0 Å². The van der Waals surface area contributed by atoms with Gasteiger partial charge in [0.05, 0.1) is 6.61 Å². The molecule has 0 saturated carbocycles. The minimum atomic E-state index is -1.71. The first kappa shape index (κ1) is 11.3. The largest absolute Gasteiger partial charge is 0.495 e. The number of carbonyl (C=O) groups is 1. The molecule has 1 saturated heterocycles. The van der Waals surface area contributed by atoms with Crippen molar-refractivity contribution in [2.75, 3.05) is 32.8 Å². The van der Waals surface area contributed by atoms with Crippen molar-refractivity contribution in [1.29, 1.82) is 0 Å². The van der Waals surface area contributed by atoms with Crippen LogP contribution in [0.15, 0.2) is 0 Å². The molecule has 0 bridgehead atoms. The third-order valence-corrected chi connectivity index (χ3v) is 1.21. The number of halogens is 1. The highest BCUT2D eigenvalue weighted by molar-refractivity contribution is 5.57. The first-order valence-corrected chi connectivity index (χ1v) is 4.01. The zero-order valence-corrected chi connectivity index (χ0v) is 7.23. The van der Waals surface area contributed by atoms with E-state index < -0.39 is 6.22 Å². The molecule has 0 aromatic rings. The fourth-order valence-corrected chi connectivity index (χ4v) is 0.717. The van der Waals surface area contributed by atoms with Gasteiger partial charge in [0.2, 0.25) is 0 Å². The van der Waals surface area contributed by atoms with Gasteiger partial charge in [-0.3, -0.25) is 0 Å². The van der Waals surface area contributed by atoms with Crippen LogP contribution in [0.3, 0.4) is 0 Å². The summed E-state index contributed by atoms with van der Waals surface area (Å²) in [4.78, 5) is 9.15. The molecule has 12 heavy (non-hydrogen) atoms. The molecule has 0 aliphatic carbocycles. The Bertz CT molecular complexity index is 106. The second-order valence-electron chi connectivity index (χ2n) is 2.17. The number of rotatable bonds is 1. The van der Waals surface area contributed by atoms with Gasteiger partial charge < -0.3 is 15.4 Å². The molecule has 1 aliphatic rings. The summed E-state index contributed by atoms with van der Waals surface area (Å²) in [5.74, 6) is 0. The van der Waals surface area contributed by atoms with Gasteiger partial charge in [-0.25, -0.2) is 4.79 Å². The fourth-order valence-electron chi connectivity index (χ4n) is 0.717. The van der Waals surface area contributed by atoms with Crippen LogP contribution in [-0.2, 0) is 4.74 Å². The maximum atomic E-state index is 10.8. The second kappa shape index (κ2) is 8.42. The van der Waals surface area contributed by atoms with Gasteiger partial charge in [-0.1, -0.05) is 0 Å². The molecule has 1 rings (SSSR count). The van der Waals surface area contributed by atoms with E-state index in [0.717, 1.165) is 26.2 Å². The van der Waals surface area contributed by atoms with E-state index in [-0.39, 0.29) is 6.61 Å². The molecule has 0 aromatic heterocycles. The predicted molar refractivity (Wildman–Crippen MR) is 43.9 cm³/mol. The number of ether oxygens (including phenoxy) is 1. The van der Waals surface area contributed by atoms with Gasteiger partial charge in [-0.2, -0.15) is 0 Å². The molecule has 0 aromatic carbocycles. The van der Waals surface area contributed by atoms with Crippen molar-refractivity contribution in [1.82, 2.24) is 10.6 Å². The quantitative estimate of drug-likeness (QED) is 0.567. The molecule has 0 spiro atoms. The molecule has 2 N–H and O–H groups in total. The van der Waals surface area contributed by atoms with Gasteiger partial charge in [-0.05, 0) is 6.92 Å². The summed E-state index contributed by atoms with van der Waals surface area (Å²) in [5.41, 5.74) is 0. The third kappa shape index (κ3) is 9.32. The lowest BCUT2D eigenvalue weighted by atomic mass is 10.4. The van der Waals surface area contributed by atoms with Crippen LogP contribution in [0.2, 0.25) is 0 Å². The van der Waals surface area contributed by atoms with Gasteiger partial charge in [0, 0.05) is 26.2 Å². The number of piperazine rings is 1. The van der Waals surface area contributed by atoms with Gasteiger partial charge in [0.15, 0.2) is 0 Å². The van der Waals surface area contributed by atoms with Crippen LogP contribution in [0.5, 0.6) is 0 Å². The van der Waals surface area contributed by atoms with Gasteiger partial charge in [-0.15, -0.1) is 4.39 Å². The van der Waals surface area contributed by atoms with Crippen LogP contribution >= 0.6 is 0 Å². The Morgan fingerprint density at radius 3 is 1.83 bits per heavy atom. The molecule has 0 radical (unpaired) electrons. The first-order valence-electron chi connectivity index (χ1n) is 4.01. The summed E-state index contributed by atoms with van der Waals surface area (Å²) in [7, 11) is 0. The number of carbonyl (C=O) groups excluding carboxylic acids is 1. The molecule has 0 unspecified atom stereocenters. The highest BCUT2D eigenvalue weighted by Crippen LogP contribution is 1.77. The van der Waals surface area contributed by atoms with Gasteiger partial charge >= 0.3 is 6.22 Å². The Labute approximate surface area is 71.5 Å². The number of hydrogen-bond acceptors (Lipinski definition) is 4. The zero-order chi connectivity index (χ0) is 9.23. The average molecular weight is 178 g/mol. The lowest BCUT2D eigenvalue weighted by Gasteiger charge is -2.11. The summed E-state index contributed by atoms with van der Waals surface area (Å²) in [6.45, 7) is 6.20. The van der Waals surface area contributed by atoms with E-state index in [1.165, 1.54) is 6.92 Å². The zero-order valence-electron chi connectivity index (χ0n) is 7.23. The topological polar surface area (TPSA) is 50.4 Å². The molecule has 0 atom stereocenters. The van der Waals surface area contributed by atoms with Crippen LogP contribution in [0.1, 0.15) is 6.92 Å². The van der Waals surface area contributed by atoms with E-state index in [1.54, 1.807) is 0 Å². The SMILES string of the molecule is C1CNCCN1.CCOC(=O)F. The van der Waals surface area contributed by atoms with Crippen LogP contribution < -0.4 is 10.6 Å². The maximum Gasteiger partial charge on any atom is 0.495 e. The molecule has 1 fully saturated rings. The summed E-state index contributed by atoms with van der Waals surface area (Å²) >= 11 is 0. The van der Waals surface area contributed by atoms with Crippen molar-refractivity contribution in [3.8, 4) is 0 Å². The number of nitrogens with one attached hydrogen (secondary N) is 2. The molecular weight excluding hydrogens is 163 g/mol. The molecule has 1 heterocycles. The molecular formula is C7H15FN2O2. The highest BCUT2D eigenvalue weighted by atomic mass is 19.1. The first-order chi connectivity index (χ1) is 5.77. The van der Waals surface area contributed by atoms with Crippen molar-refractivity contribution in [3.63, 3.8) is 0 Å². The Morgan fingerprint density at radius 2 is 1.75 bits per heavy atom. The molecule has 0 amide bonds. The summed E-state index contributed by atoms with van der Waals surface area (Å²) < 4.78 is 14.6.